The molecule has 0 aliphatic heterocycles. The van der Waals surface area contributed by atoms with Crippen LogP contribution < -0.4 is 10.1 Å². The summed E-state index contributed by atoms with van der Waals surface area (Å²) in [6.07, 6.45) is 7.18. The fraction of sp³-hybridized carbons (Fsp3) is 0.643. The molecule has 3 heteroatoms. The van der Waals surface area contributed by atoms with Crippen molar-refractivity contribution in [2.75, 3.05) is 13.2 Å². The van der Waals surface area contributed by atoms with E-state index in [1.165, 1.54) is 31.2 Å². The van der Waals surface area contributed by atoms with Gasteiger partial charge in [0.25, 0.3) is 0 Å². The Labute approximate surface area is 104 Å². The molecule has 2 rings (SSSR count). The molecule has 94 valence electrons. The normalized spacial score (nSPS) is 15.6. The van der Waals surface area contributed by atoms with Gasteiger partial charge < -0.3 is 10.1 Å². The van der Waals surface area contributed by atoms with Crippen molar-refractivity contribution in [1.82, 2.24) is 10.3 Å². The zero-order valence-electron chi connectivity index (χ0n) is 10.6. The molecule has 1 aliphatic carbocycles. The molecule has 1 heterocycles. The molecule has 1 saturated carbocycles. The molecule has 17 heavy (non-hydrogen) atoms. The Balaban J connectivity index is 1.74. The lowest BCUT2D eigenvalue weighted by Gasteiger charge is -2.24. The fourth-order valence-corrected chi connectivity index (χ4v) is 2.02. The lowest BCUT2D eigenvalue weighted by molar-refractivity contribution is 0.217. The first-order chi connectivity index (χ1) is 8.38. The second kappa shape index (κ2) is 6.60. The van der Waals surface area contributed by atoms with Crippen LogP contribution in [-0.2, 0) is 6.54 Å². The molecule has 1 aromatic heterocycles. The third-order valence-corrected chi connectivity index (χ3v) is 3.38. The van der Waals surface area contributed by atoms with Gasteiger partial charge in [0.05, 0.1) is 6.61 Å². The fourth-order valence-electron chi connectivity index (χ4n) is 2.02. The molecule has 0 bridgehead atoms. The van der Waals surface area contributed by atoms with Crippen molar-refractivity contribution in [2.24, 2.45) is 5.92 Å². The predicted molar refractivity (Wildman–Crippen MR) is 69.1 cm³/mol. The van der Waals surface area contributed by atoms with Gasteiger partial charge in [-0.25, -0.2) is 4.98 Å². The summed E-state index contributed by atoms with van der Waals surface area (Å²) in [7, 11) is 0. The third-order valence-electron chi connectivity index (χ3n) is 3.38. The first-order valence-electron chi connectivity index (χ1n) is 6.67. The molecular weight excluding hydrogens is 212 g/mol. The molecule has 0 spiro atoms. The van der Waals surface area contributed by atoms with Gasteiger partial charge >= 0.3 is 0 Å². The van der Waals surface area contributed by atoms with Gasteiger partial charge in [-0.3, -0.25) is 0 Å². The van der Waals surface area contributed by atoms with Crippen LogP contribution in [0.25, 0.3) is 0 Å². The van der Waals surface area contributed by atoms with Crippen LogP contribution in [0, 0.1) is 5.92 Å². The average molecular weight is 234 g/mol. The Bertz CT molecular complexity index is 337. The van der Waals surface area contributed by atoms with Gasteiger partial charge in [0.15, 0.2) is 0 Å². The standard InChI is InChI=1S/C14H22N2O/c1-2-15-11-13-6-8-16-14(10-13)17-9-7-12-4-3-5-12/h6,8,10,12,15H,2-5,7,9,11H2,1H3. The summed E-state index contributed by atoms with van der Waals surface area (Å²) in [6, 6.07) is 4.06. The van der Waals surface area contributed by atoms with E-state index in [1.807, 2.05) is 18.3 Å². The second-order valence-corrected chi connectivity index (χ2v) is 4.72. The quantitative estimate of drug-likeness (QED) is 0.787. The Hall–Kier alpha value is -1.09. The predicted octanol–water partition coefficient (Wildman–Crippen LogP) is 2.76. The summed E-state index contributed by atoms with van der Waals surface area (Å²) in [6.45, 7) is 4.79. The number of hydrogen-bond donors (Lipinski definition) is 1. The maximum Gasteiger partial charge on any atom is 0.213 e. The SMILES string of the molecule is CCNCc1ccnc(OCCC2CCC2)c1. The minimum Gasteiger partial charge on any atom is -0.478 e. The molecule has 0 unspecified atom stereocenters. The molecule has 1 aromatic rings. The van der Waals surface area contributed by atoms with Crippen LogP contribution in [-0.4, -0.2) is 18.1 Å². The van der Waals surface area contributed by atoms with Gasteiger partial charge in [-0.05, 0) is 30.5 Å². The number of nitrogens with one attached hydrogen (secondary N) is 1. The van der Waals surface area contributed by atoms with Crippen LogP contribution in [0.3, 0.4) is 0 Å². The molecule has 0 atom stereocenters. The lowest BCUT2D eigenvalue weighted by atomic mass is 9.83. The van der Waals surface area contributed by atoms with Crippen LogP contribution in [0.4, 0.5) is 0 Å². The third kappa shape index (κ3) is 4.00. The number of aromatic nitrogens is 1. The van der Waals surface area contributed by atoms with Crippen LogP contribution in [0.1, 0.15) is 38.2 Å². The summed E-state index contributed by atoms with van der Waals surface area (Å²) in [5.41, 5.74) is 1.24. The number of pyridine rings is 1. The van der Waals surface area contributed by atoms with E-state index in [4.69, 9.17) is 4.74 Å². The Morgan fingerprint density at radius 1 is 1.47 bits per heavy atom. The monoisotopic (exact) mass is 234 g/mol. The highest BCUT2D eigenvalue weighted by atomic mass is 16.5. The van der Waals surface area contributed by atoms with Gasteiger partial charge in [0.1, 0.15) is 0 Å². The Morgan fingerprint density at radius 3 is 3.06 bits per heavy atom. The van der Waals surface area contributed by atoms with Crippen molar-refractivity contribution in [3.05, 3.63) is 23.9 Å². The highest BCUT2D eigenvalue weighted by Gasteiger charge is 2.16. The zero-order valence-corrected chi connectivity index (χ0v) is 10.6. The van der Waals surface area contributed by atoms with Gasteiger partial charge in [0.2, 0.25) is 5.88 Å². The van der Waals surface area contributed by atoms with Crippen LogP contribution in [0.5, 0.6) is 5.88 Å². The summed E-state index contributed by atoms with van der Waals surface area (Å²) >= 11 is 0. The van der Waals surface area contributed by atoms with E-state index in [0.717, 1.165) is 31.5 Å². The van der Waals surface area contributed by atoms with E-state index in [9.17, 15) is 0 Å². The first kappa shape index (κ1) is 12.4. The maximum atomic E-state index is 5.69. The zero-order chi connectivity index (χ0) is 11.9. The lowest BCUT2D eigenvalue weighted by Crippen LogP contribution is -2.15. The van der Waals surface area contributed by atoms with Crippen molar-refractivity contribution >= 4 is 0 Å². The van der Waals surface area contributed by atoms with Gasteiger partial charge in [0, 0.05) is 18.8 Å². The van der Waals surface area contributed by atoms with E-state index in [1.54, 1.807) is 0 Å². The molecule has 3 nitrogen and oxygen atoms in total. The van der Waals surface area contributed by atoms with E-state index in [-0.39, 0.29) is 0 Å². The Kier molecular flexibility index (Phi) is 4.80. The second-order valence-electron chi connectivity index (χ2n) is 4.72. The van der Waals surface area contributed by atoms with Crippen molar-refractivity contribution in [3.8, 4) is 5.88 Å². The van der Waals surface area contributed by atoms with E-state index >= 15 is 0 Å². The molecule has 1 N–H and O–H groups in total. The van der Waals surface area contributed by atoms with Crippen LogP contribution in [0.15, 0.2) is 18.3 Å². The minimum atomic E-state index is 0.764. The largest absolute Gasteiger partial charge is 0.478 e. The van der Waals surface area contributed by atoms with Gasteiger partial charge in [-0.15, -0.1) is 0 Å². The molecular formula is C14H22N2O. The van der Waals surface area contributed by atoms with Crippen LogP contribution in [0.2, 0.25) is 0 Å². The highest BCUT2D eigenvalue weighted by Crippen LogP contribution is 2.29. The maximum absolute atomic E-state index is 5.69. The summed E-state index contributed by atoms with van der Waals surface area (Å²) in [5.74, 6) is 1.67. The average Bonchev–Trinajstić information content (AvgIpc) is 2.30. The van der Waals surface area contributed by atoms with Gasteiger partial charge in [-0.2, -0.15) is 0 Å². The molecule has 1 aliphatic rings. The topological polar surface area (TPSA) is 34.2 Å². The first-order valence-corrected chi connectivity index (χ1v) is 6.67. The van der Waals surface area contributed by atoms with Crippen molar-refractivity contribution in [3.63, 3.8) is 0 Å². The van der Waals surface area contributed by atoms with Crippen molar-refractivity contribution in [1.29, 1.82) is 0 Å². The van der Waals surface area contributed by atoms with E-state index in [0.29, 0.717) is 0 Å². The van der Waals surface area contributed by atoms with Crippen molar-refractivity contribution < 1.29 is 4.74 Å². The highest BCUT2D eigenvalue weighted by molar-refractivity contribution is 5.20. The Morgan fingerprint density at radius 2 is 2.35 bits per heavy atom. The molecule has 0 saturated heterocycles. The number of hydrogen-bond acceptors (Lipinski definition) is 3. The van der Waals surface area contributed by atoms with E-state index < -0.39 is 0 Å². The van der Waals surface area contributed by atoms with Gasteiger partial charge in [-0.1, -0.05) is 26.2 Å². The molecule has 1 fully saturated rings. The number of ether oxygens (including phenoxy) is 1. The molecule has 0 aromatic carbocycles. The summed E-state index contributed by atoms with van der Waals surface area (Å²) < 4.78 is 5.69. The van der Waals surface area contributed by atoms with Crippen LogP contribution >= 0.6 is 0 Å². The molecule has 0 radical (unpaired) electrons. The number of nitrogens with zero attached hydrogens (tertiary/aromatic N) is 1. The smallest absolute Gasteiger partial charge is 0.213 e. The minimum absolute atomic E-state index is 0.764. The number of rotatable bonds is 7. The summed E-state index contributed by atoms with van der Waals surface area (Å²) in [5, 5.41) is 3.30. The molecule has 0 amide bonds. The van der Waals surface area contributed by atoms with Crippen molar-refractivity contribution in [2.45, 2.75) is 39.2 Å². The summed E-state index contributed by atoms with van der Waals surface area (Å²) in [4.78, 5) is 4.24. The van der Waals surface area contributed by atoms with E-state index in [2.05, 4.69) is 17.2 Å².